The van der Waals surface area contributed by atoms with Crippen molar-refractivity contribution in [2.24, 2.45) is 11.7 Å². The number of likely N-dealkylation sites (tertiary alicyclic amines) is 1. The van der Waals surface area contributed by atoms with Crippen LogP contribution in [0.3, 0.4) is 0 Å². The molecule has 0 aromatic heterocycles. The van der Waals surface area contributed by atoms with Gasteiger partial charge in [-0.1, -0.05) is 43.1 Å². The molecule has 106 valence electrons. The highest BCUT2D eigenvalue weighted by molar-refractivity contribution is 6.31. The SMILES string of the molecule is CCC1CCCN(CCC(N)c2ccccc2Cl)C1. The Morgan fingerprint density at radius 3 is 2.95 bits per heavy atom. The van der Waals surface area contributed by atoms with Crippen LogP contribution in [0.1, 0.15) is 44.2 Å². The van der Waals surface area contributed by atoms with E-state index in [2.05, 4.69) is 11.8 Å². The molecule has 0 spiro atoms. The second-order valence-electron chi connectivity index (χ2n) is 5.63. The lowest BCUT2D eigenvalue weighted by Gasteiger charge is -2.32. The maximum Gasteiger partial charge on any atom is 0.0453 e. The van der Waals surface area contributed by atoms with E-state index in [1.54, 1.807) is 0 Å². The quantitative estimate of drug-likeness (QED) is 0.888. The van der Waals surface area contributed by atoms with Crippen molar-refractivity contribution >= 4 is 11.6 Å². The lowest BCUT2D eigenvalue weighted by atomic mass is 9.95. The molecule has 2 rings (SSSR count). The largest absolute Gasteiger partial charge is 0.324 e. The summed E-state index contributed by atoms with van der Waals surface area (Å²) in [7, 11) is 0. The van der Waals surface area contributed by atoms with E-state index in [4.69, 9.17) is 17.3 Å². The topological polar surface area (TPSA) is 29.3 Å². The molecule has 2 unspecified atom stereocenters. The maximum absolute atomic E-state index is 6.27. The summed E-state index contributed by atoms with van der Waals surface area (Å²) in [5.74, 6) is 0.880. The Balaban J connectivity index is 1.83. The predicted molar refractivity (Wildman–Crippen MR) is 82.5 cm³/mol. The van der Waals surface area contributed by atoms with Crippen LogP contribution in [0.15, 0.2) is 24.3 Å². The molecule has 1 aromatic rings. The first kappa shape index (κ1) is 14.8. The van der Waals surface area contributed by atoms with E-state index in [1.165, 1.54) is 32.4 Å². The minimum absolute atomic E-state index is 0.0516. The molecule has 1 aliphatic rings. The molecule has 0 radical (unpaired) electrons. The van der Waals surface area contributed by atoms with Gasteiger partial charge in [0.25, 0.3) is 0 Å². The monoisotopic (exact) mass is 280 g/mol. The number of rotatable bonds is 5. The zero-order valence-electron chi connectivity index (χ0n) is 11.8. The second kappa shape index (κ2) is 7.28. The second-order valence-corrected chi connectivity index (χ2v) is 6.04. The average molecular weight is 281 g/mol. The molecule has 1 aromatic carbocycles. The first-order valence-electron chi connectivity index (χ1n) is 7.43. The fourth-order valence-corrected chi connectivity index (χ4v) is 3.22. The molecular weight excluding hydrogens is 256 g/mol. The molecule has 1 fully saturated rings. The van der Waals surface area contributed by atoms with E-state index in [9.17, 15) is 0 Å². The lowest BCUT2D eigenvalue weighted by Crippen LogP contribution is -2.36. The van der Waals surface area contributed by atoms with Crippen LogP contribution in [0.25, 0.3) is 0 Å². The van der Waals surface area contributed by atoms with Crippen molar-refractivity contribution in [1.82, 2.24) is 4.90 Å². The Labute approximate surface area is 121 Å². The Morgan fingerprint density at radius 1 is 1.42 bits per heavy atom. The van der Waals surface area contributed by atoms with Crippen molar-refractivity contribution in [1.29, 1.82) is 0 Å². The molecule has 19 heavy (non-hydrogen) atoms. The predicted octanol–water partition coefficient (Wildman–Crippen LogP) is 3.85. The van der Waals surface area contributed by atoms with Crippen LogP contribution in [0, 0.1) is 5.92 Å². The van der Waals surface area contributed by atoms with E-state index in [0.29, 0.717) is 0 Å². The summed E-state index contributed by atoms with van der Waals surface area (Å²) < 4.78 is 0. The summed E-state index contributed by atoms with van der Waals surface area (Å²) in [5.41, 5.74) is 7.35. The molecule has 2 N–H and O–H groups in total. The minimum Gasteiger partial charge on any atom is -0.324 e. The standard InChI is InChI=1S/C16H25ClN2/c1-2-13-6-5-10-19(12-13)11-9-16(18)14-7-3-4-8-15(14)17/h3-4,7-8,13,16H,2,5-6,9-12,18H2,1H3. The molecule has 1 aliphatic heterocycles. The average Bonchev–Trinajstić information content (AvgIpc) is 2.45. The van der Waals surface area contributed by atoms with E-state index in [1.807, 2.05) is 24.3 Å². The van der Waals surface area contributed by atoms with Crippen molar-refractivity contribution < 1.29 is 0 Å². The number of nitrogens with two attached hydrogens (primary N) is 1. The van der Waals surface area contributed by atoms with Crippen LogP contribution in [0.4, 0.5) is 0 Å². The summed E-state index contributed by atoms with van der Waals surface area (Å²) in [6.07, 6.45) is 5.01. The molecule has 2 nitrogen and oxygen atoms in total. The van der Waals surface area contributed by atoms with Gasteiger partial charge in [0.15, 0.2) is 0 Å². The third-order valence-electron chi connectivity index (χ3n) is 4.24. The van der Waals surface area contributed by atoms with Gasteiger partial charge in [-0.2, -0.15) is 0 Å². The molecule has 0 bridgehead atoms. The smallest absolute Gasteiger partial charge is 0.0453 e. The number of benzene rings is 1. The first-order valence-corrected chi connectivity index (χ1v) is 7.81. The summed E-state index contributed by atoms with van der Waals surface area (Å²) in [4.78, 5) is 2.56. The minimum atomic E-state index is 0.0516. The van der Waals surface area contributed by atoms with Crippen molar-refractivity contribution in [2.45, 2.75) is 38.6 Å². The van der Waals surface area contributed by atoms with Crippen LogP contribution in [-0.4, -0.2) is 24.5 Å². The Bertz CT molecular complexity index is 394. The van der Waals surface area contributed by atoms with Gasteiger partial charge in [0, 0.05) is 17.6 Å². The molecular formula is C16H25ClN2. The van der Waals surface area contributed by atoms with Gasteiger partial charge in [0.2, 0.25) is 0 Å². The molecule has 2 atom stereocenters. The maximum atomic E-state index is 6.27. The highest BCUT2D eigenvalue weighted by Crippen LogP contribution is 2.24. The third-order valence-corrected chi connectivity index (χ3v) is 4.59. The van der Waals surface area contributed by atoms with Crippen LogP contribution < -0.4 is 5.73 Å². The lowest BCUT2D eigenvalue weighted by molar-refractivity contribution is 0.167. The number of hydrogen-bond donors (Lipinski definition) is 1. The van der Waals surface area contributed by atoms with Crippen molar-refractivity contribution in [3.05, 3.63) is 34.9 Å². The zero-order chi connectivity index (χ0) is 13.7. The van der Waals surface area contributed by atoms with Crippen molar-refractivity contribution in [3.8, 4) is 0 Å². The number of hydrogen-bond acceptors (Lipinski definition) is 2. The Hall–Kier alpha value is -0.570. The summed E-state index contributed by atoms with van der Waals surface area (Å²) in [5, 5.41) is 0.792. The summed E-state index contributed by atoms with van der Waals surface area (Å²) in [6.45, 7) is 5.85. The van der Waals surface area contributed by atoms with Gasteiger partial charge >= 0.3 is 0 Å². The van der Waals surface area contributed by atoms with E-state index < -0.39 is 0 Å². The molecule has 1 saturated heterocycles. The Kier molecular flexibility index (Phi) is 5.68. The molecule has 0 amide bonds. The normalized spacial score (nSPS) is 22.4. The highest BCUT2D eigenvalue weighted by Gasteiger charge is 2.19. The van der Waals surface area contributed by atoms with Gasteiger partial charge in [0.05, 0.1) is 0 Å². The fraction of sp³-hybridized carbons (Fsp3) is 0.625. The summed E-state index contributed by atoms with van der Waals surface area (Å²) >= 11 is 6.19. The van der Waals surface area contributed by atoms with Crippen LogP contribution in [0.5, 0.6) is 0 Å². The van der Waals surface area contributed by atoms with Gasteiger partial charge < -0.3 is 10.6 Å². The van der Waals surface area contributed by atoms with Crippen LogP contribution in [0.2, 0.25) is 5.02 Å². The fourth-order valence-electron chi connectivity index (χ4n) is 2.94. The highest BCUT2D eigenvalue weighted by atomic mass is 35.5. The van der Waals surface area contributed by atoms with Gasteiger partial charge in [-0.05, 0) is 49.9 Å². The molecule has 1 heterocycles. The number of nitrogens with zero attached hydrogens (tertiary/aromatic N) is 1. The van der Waals surface area contributed by atoms with E-state index >= 15 is 0 Å². The van der Waals surface area contributed by atoms with Crippen molar-refractivity contribution in [3.63, 3.8) is 0 Å². The first-order chi connectivity index (χ1) is 9.20. The Morgan fingerprint density at radius 2 is 2.21 bits per heavy atom. The number of piperidine rings is 1. The van der Waals surface area contributed by atoms with Gasteiger partial charge in [0.1, 0.15) is 0 Å². The van der Waals surface area contributed by atoms with Crippen molar-refractivity contribution in [2.75, 3.05) is 19.6 Å². The summed E-state index contributed by atoms with van der Waals surface area (Å²) in [6, 6.07) is 7.98. The van der Waals surface area contributed by atoms with E-state index in [0.717, 1.165) is 29.5 Å². The van der Waals surface area contributed by atoms with Gasteiger partial charge in [-0.3, -0.25) is 0 Å². The van der Waals surface area contributed by atoms with Gasteiger partial charge in [-0.25, -0.2) is 0 Å². The van der Waals surface area contributed by atoms with E-state index in [-0.39, 0.29) is 6.04 Å². The molecule has 0 aliphatic carbocycles. The van der Waals surface area contributed by atoms with Crippen LogP contribution in [-0.2, 0) is 0 Å². The zero-order valence-corrected chi connectivity index (χ0v) is 12.6. The van der Waals surface area contributed by atoms with Crippen LogP contribution >= 0.6 is 11.6 Å². The molecule has 3 heteroatoms. The third kappa shape index (κ3) is 4.20. The van der Waals surface area contributed by atoms with Gasteiger partial charge in [-0.15, -0.1) is 0 Å². The number of halogens is 1. The molecule has 0 saturated carbocycles.